The van der Waals surface area contributed by atoms with Crippen LogP contribution in [0.1, 0.15) is 53.0 Å². The van der Waals surface area contributed by atoms with E-state index < -0.39 is 0 Å². The highest BCUT2D eigenvalue weighted by Crippen LogP contribution is 2.48. The number of allylic oxidation sites excluding steroid dienone is 1. The fraction of sp³-hybridized carbons (Fsp3) is 0.128. The van der Waals surface area contributed by atoms with Gasteiger partial charge < -0.3 is 0 Å². The Morgan fingerprint density at radius 3 is 2.31 bits per heavy atom. The van der Waals surface area contributed by atoms with Gasteiger partial charge in [-0.3, -0.25) is 0 Å². The molecule has 0 aromatic heterocycles. The largest absolute Gasteiger partial charge is 0.0833 e. The molecule has 2 aliphatic rings. The average Bonchev–Trinajstić information content (AvgIpc) is 3.00. The van der Waals surface area contributed by atoms with Crippen LogP contribution in [-0.2, 0) is 6.42 Å². The zero-order valence-electron chi connectivity index (χ0n) is 22.2. The highest BCUT2D eigenvalue weighted by molar-refractivity contribution is 6.04. The van der Waals surface area contributed by atoms with Crippen molar-refractivity contribution in [2.75, 3.05) is 0 Å². The van der Waals surface area contributed by atoms with Crippen molar-refractivity contribution in [3.8, 4) is 22.3 Å². The van der Waals surface area contributed by atoms with Gasteiger partial charge in [0.05, 0.1) is 0 Å². The molecule has 8 rings (SSSR count). The molecule has 0 saturated carbocycles. The van der Waals surface area contributed by atoms with Gasteiger partial charge in [-0.2, -0.15) is 0 Å². The highest BCUT2D eigenvalue weighted by Gasteiger charge is 2.28. The second-order valence-corrected chi connectivity index (χ2v) is 11.3. The summed E-state index contributed by atoms with van der Waals surface area (Å²) in [7, 11) is 0. The number of rotatable bonds is 2. The van der Waals surface area contributed by atoms with Crippen LogP contribution < -0.4 is 0 Å². The molecule has 2 aliphatic carbocycles. The molecule has 39 heavy (non-hydrogen) atoms. The maximum Gasteiger partial charge on any atom is 0.0136 e. The van der Waals surface area contributed by atoms with Crippen molar-refractivity contribution in [1.82, 2.24) is 0 Å². The summed E-state index contributed by atoms with van der Waals surface area (Å²) >= 11 is 0. The van der Waals surface area contributed by atoms with Gasteiger partial charge >= 0.3 is 0 Å². The lowest BCUT2D eigenvalue weighted by Gasteiger charge is -2.30. The van der Waals surface area contributed by atoms with Crippen molar-refractivity contribution >= 4 is 27.6 Å². The molecule has 2 unspecified atom stereocenters. The summed E-state index contributed by atoms with van der Waals surface area (Å²) in [5, 5.41) is 5.34. The monoisotopic (exact) mass is 498 g/mol. The summed E-state index contributed by atoms with van der Waals surface area (Å²) < 4.78 is 0. The Morgan fingerprint density at radius 2 is 1.38 bits per heavy atom. The quantitative estimate of drug-likeness (QED) is 0.223. The van der Waals surface area contributed by atoms with E-state index in [9.17, 15) is 0 Å². The number of hydrogen-bond donors (Lipinski definition) is 0. The van der Waals surface area contributed by atoms with Crippen molar-refractivity contribution < 1.29 is 0 Å². The lowest BCUT2D eigenvalue weighted by atomic mass is 9.73. The highest BCUT2D eigenvalue weighted by atomic mass is 14.3. The molecule has 0 amide bonds. The maximum absolute atomic E-state index is 2.48. The van der Waals surface area contributed by atoms with E-state index in [-0.39, 0.29) is 0 Å². The van der Waals surface area contributed by atoms with Gasteiger partial charge in [0, 0.05) is 5.92 Å². The van der Waals surface area contributed by atoms with Crippen LogP contribution in [-0.4, -0.2) is 0 Å². The molecule has 0 nitrogen and oxygen atoms in total. The van der Waals surface area contributed by atoms with E-state index in [2.05, 4.69) is 134 Å². The Morgan fingerprint density at radius 1 is 0.590 bits per heavy atom. The predicted molar refractivity (Wildman–Crippen MR) is 166 cm³/mol. The molecule has 6 aromatic rings. The van der Waals surface area contributed by atoms with Crippen molar-refractivity contribution in [3.05, 3.63) is 149 Å². The molecule has 0 heterocycles. The van der Waals surface area contributed by atoms with E-state index in [0.717, 1.165) is 12.8 Å². The minimum absolute atomic E-state index is 0.336. The first-order valence-corrected chi connectivity index (χ1v) is 14.2. The summed E-state index contributed by atoms with van der Waals surface area (Å²) in [5.74, 6) is 0.918. The number of fused-ring (bicyclic) bond motifs is 7. The van der Waals surface area contributed by atoms with Crippen LogP contribution in [0.15, 0.2) is 121 Å². The summed E-state index contributed by atoms with van der Waals surface area (Å²) in [5.41, 5.74) is 12.5. The maximum atomic E-state index is 2.48. The van der Waals surface area contributed by atoms with Crippen LogP contribution in [0.5, 0.6) is 0 Å². The summed E-state index contributed by atoms with van der Waals surface area (Å²) in [4.78, 5) is 0. The van der Waals surface area contributed by atoms with E-state index in [4.69, 9.17) is 0 Å². The molecule has 0 radical (unpaired) electrons. The third-order valence-electron chi connectivity index (χ3n) is 9.08. The second-order valence-electron chi connectivity index (χ2n) is 11.3. The first-order valence-electron chi connectivity index (χ1n) is 14.2. The molecular formula is C39H30. The molecule has 0 bridgehead atoms. The SMILES string of the molecule is CC1CC=Cc2cc(-c3cc4c(c5ccccc35)CC(c3ccc5ccccc5c3)c3ccccc3-4)ccc21. The molecule has 2 atom stereocenters. The Bertz CT molecular complexity index is 1940. The van der Waals surface area contributed by atoms with Crippen LogP contribution in [0.4, 0.5) is 0 Å². The summed E-state index contributed by atoms with van der Waals surface area (Å²) in [6.45, 7) is 2.33. The molecule has 186 valence electrons. The first-order chi connectivity index (χ1) is 19.2. The molecule has 0 saturated heterocycles. The van der Waals surface area contributed by atoms with Crippen LogP contribution >= 0.6 is 0 Å². The Kier molecular flexibility index (Phi) is 5.10. The van der Waals surface area contributed by atoms with Crippen molar-refractivity contribution in [1.29, 1.82) is 0 Å². The van der Waals surface area contributed by atoms with Gasteiger partial charge in [-0.1, -0.05) is 122 Å². The molecule has 0 aliphatic heterocycles. The first kappa shape index (κ1) is 22.6. The normalized spacial score (nSPS) is 17.6. The molecule has 0 fully saturated rings. The third-order valence-corrected chi connectivity index (χ3v) is 9.08. The van der Waals surface area contributed by atoms with Gasteiger partial charge in [0.25, 0.3) is 0 Å². The van der Waals surface area contributed by atoms with Gasteiger partial charge in [-0.25, -0.2) is 0 Å². The van der Waals surface area contributed by atoms with Crippen LogP contribution in [0.3, 0.4) is 0 Å². The smallest absolute Gasteiger partial charge is 0.0136 e. The molecule has 0 N–H and O–H groups in total. The lowest BCUT2D eigenvalue weighted by Crippen LogP contribution is -2.13. The second kappa shape index (κ2) is 8.82. The zero-order chi connectivity index (χ0) is 25.9. The average molecular weight is 499 g/mol. The van der Waals surface area contributed by atoms with Gasteiger partial charge in [0.15, 0.2) is 0 Å². The fourth-order valence-electron chi connectivity index (χ4n) is 7.08. The Balaban J connectivity index is 1.34. The van der Waals surface area contributed by atoms with Gasteiger partial charge in [-0.05, 0) is 103 Å². The van der Waals surface area contributed by atoms with E-state index in [1.807, 2.05) is 0 Å². The minimum atomic E-state index is 0.336. The molecular weight excluding hydrogens is 468 g/mol. The zero-order valence-corrected chi connectivity index (χ0v) is 22.2. The van der Waals surface area contributed by atoms with Crippen LogP contribution in [0, 0.1) is 0 Å². The van der Waals surface area contributed by atoms with Gasteiger partial charge in [-0.15, -0.1) is 0 Å². The Labute approximate surface area is 230 Å². The summed E-state index contributed by atoms with van der Waals surface area (Å²) in [6.07, 6.45) is 6.77. The van der Waals surface area contributed by atoms with Crippen LogP contribution in [0.25, 0.3) is 49.9 Å². The summed E-state index contributed by atoms with van der Waals surface area (Å²) in [6, 6.07) is 43.4. The van der Waals surface area contributed by atoms with Crippen molar-refractivity contribution in [3.63, 3.8) is 0 Å². The van der Waals surface area contributed by atoms with Gasteiger partial charge in [0.2, 0.25) is 0 Å². The van der Waals surface area contributed by atoms with Crippen LogP contribution in [0.2, 0.25) is 0 Å². The minimum Gasteiger partial charge on any atom is -0.0833 e. The van der Waals surface area contributed by atoms with E-state index in [1.165, 1.54) is 71.6 Å². The third kappa shape index (κ3) is 3.59. The van der Waals surface area contributed by atoms with E-state index >= 15 is 0 Å². The van der Waals surface area contributed by atoms with Crippen molar-refractivity contribution in [2.24, 2.45) is 0 Å². The fourth-order valence-corrected chi connectivity index (χ4v) is 7.08. The standard InChI is InChI=1S/C39H30/c1-25-9-8-12-28-22-30(19-20-31(25)28)37-24-39-34-15-6-4-13-32(34)36(23-38(39)35-16-7-5-14-33(35)37)29-18-17-26-10-2-3-11-27(26)21-29/h2-8,10-22,24-25,36H,9,23H2,1H3. The molecule has 0 spiro atoms. The number of hydrogen-bond acceptors (Lipinski definition) is 0. The van der Waals surface area contributed by atoms with Gasteiger partial charge in [0.1, 0.15) is 0 Å². The molecule has 0 heteroatoms. The predicted octanol–water partition coefficient (Wildman–Crippen LogP) is 10.5. The van der Waals surface area contributed by atoms with E-state index in [0.29, 0.717) is 11.8 Å². The Hall–Kier alpha value is -4.42. The lowest BCUT2D eigenvalue weighted by molar-refractivity contribution is 0.772. The topological polar surface area (TPSA) is 0 Å². The van der Waals surface area contributed by atoms with Crippen molar-refractivity contribution in [2.45, 2.75) is 31.6 Å². The van der Waals surface area contributed by atoms with E-state index in [1.54, 1.807) is 0 Å². The molecule has 6 aromatic carbocycles. The number of benzene rings is 6.